The molecule has 0 bridgehead atoms. The second kappa shape index (κ2) is 5.31. The Morgan fingerprint density at radius 3 is 2.00 bits per heavy atom. The molecule has 2 nitrogen and oxygen atoms in total. The summed E-state index contributed by atoms with van der Waals surface area (Å²) in [7, 11) is 0. The van der Waals surface area contributed by atoms with E-state index < -0.39 is 5.60 Å². The zero-order valence-corrected chi connectivity index (χ0v) is 14.4. The molecule has 1 N–H and O–H groups in total. The highest BCUT2D eigenvalue weighted by atomic mass is 16.5. The molecule has 1 aliphatic carbocycles. The van der Waals surface area contributed by atoms with Crippen LogP contribution in [0.3, 0.4) is 0 Å². The van der Waals surface area contributed by atoms with E-state index in [1.165, 1.54) is 0 Å². The third-order valence-electron chi connectivity index (χ3n) is 4.25. The average Bonchev–Trinajstić information content (AvgIpc) is 2.23. The monoisotopic (exact) mass is 290 g/mol. The smallest absolute Gasteiger partial charge is 0.125 e. The van der Waals surface area contributed by atoms with E-state index in [1.807, 2.05) is 38.1 Å². The molecule has 1 aromatic rings. The summed E-state index contributed by atoms with van der Waals surface area (Å²) < 4.78 is 5.94. The minimum absolute atomic E-state index is 0.111. The van der Waals surface area contributed by atoms with Crippen molar-refractivity contribution in [2.24, 2.45) is 10.8 Å². The standard InChI is InChI=1S/C19H30O2/c1-14(2)21-16-10-8-7-9-15(16)19(20)12-17(3,4)11-18(5,6)13-19/h7-10,14,20H,11-13H2,1-6H3. The number of aliphatic hydroxyl groups is 1. The van der Waals surface area contributed by atoms with Gasteiger partial charge in [-0.25, -0.2) is 0 Å². The van der Waals surface area contributed by atoms with Crippen LogP contribution >= 0.6 is 0 Å². The summed E-state index contributed by atoms with van der Waals surface area (Å²) >= 11 is 0. The summed E-state index contributed by atoms with van der Waals surface area (Å²) in [6.45, 7) is 13.1. The minimum atomic E-state index is -0.809. The molecule has 2 heteroatoms. The lowest BCUT2D eigenvalue weighted by molar-refractivity contribution is -0.0926. The van der Waals surface area contributed by atoms with Gasteiger partial charge in [-0.1, -0.05) is 45.9 Å². The second-order valence-electron chi connectivity index (χ2n) is 8.55. The normalized spacial score (nSPS) is 23.0. The number of benzene rings is 1. The van der Waals surface area contributed by atoms with Crippen molar-refractivity contribution in [3.63, 3.8) is 0 Å². The van der Waals surface area contributed by atoms with Crippen LogP contribution < -0.4 is 4.74 Å². The van der Waals surface area contributed by atoms with E-state index in [9.17, 15) is 5.11 Å². The van der Waals surface area contributed by atoms with E-state index in [2.05, 4.69) is 27.7 Å². The van der Waals surface area contributed by atoms with E-state index >= 15 is 0 Å². The largest absolute Gasteiger partial charge is 0.491 e. The number of para-hydroxylation sites is 1. The maximum atomic E-state index is 11.4. The van der Waals surface area contributed by atoms with Crippen molar-refractivity contribution < 1.29 is 9.84 Å². The lowest BCUT2D eigenvalue weighted by Crippen LogP contribution is -2.44. The van der Waals surface area contributed by atoms with Crippen LogP contribution in [-0.4, -0.2) is 11.2 Å². The number of hydrogen-bond acceptors (Lipinski definition) is 2. The van der Waals surface area contributed by atoms with E-state index in [0.717, 1.165) is 30.6 Å². The molecule has 118 valence electrons. The molecule has 21 heavy (non-hydrogen) atoms. The topological polar surface area (TPSA) is 29.5 Å². The Morgan fingerprint density at radius 2 is 1.48 bits per heavy atom. The van der Waals surface area contributed by atoms with Gasteiger partial charge in [0, 0.05) is 5.56 Å². The molecule has 0 atom stereocenters. The van der Waals surface area contributed by atoms with Crippen LogP contribution in [0.15, 0.2) is 24.3 Å². The highest BCUT2D eigenvalue weighted by Crippen LogP contribution is 2.55. The van der Waals surface area contributed by atoms with Gasteiger partial charge in [-0.2, -0.15) is 0 Å². The first kappa shape index (κ1) is 16.4. The molecule has 0 aliphatic heterocycles. The lowest BCUT2D eigenvalue weighted by Gasteiger charge is -2.50. The van der Waals surface area contributed by atoms with Crippen LogP contribution in [0.1, 0.15) is 66.4 Å². The Kier molecular flexibility index (Phi) is 4.14. The molecule has 0 spiro atoms. The fourth-order valence-corrected chi connectivity index (χ4v) is 4.46. The summed E-state index contributed by atoms with van der Waals surface area (Å²) in [5, 5.41) is 11.4. The summed E-state index contributed by atoms with van der Waals surface area (Å²) in [5.41, 5.74) is 0.388. The van der Waals surface area contributed by atoms with Crippen LogP contribution in [-0.2, 0) is 5.60 Å². The molecule has 0 aromatic heterocycles. The molecule has 1 fully saturated rings. The van der Waals surface area contributed by atoms with Crippen LogP contribution in [0, 0.1) is 10.8 Å². The molecule has 1 aliphatic rings. The van der Waals surface area contributed by atoms with Crippen LogP contribution in [0.4, 0.5) is 0 Å². The van der Waals surface area contributed by atoms with Crippen LogP contribution in [0.25, 0.3) is 0 Å². The number of ether oxygens (including phenoxy) is 1. The Hall–Kier alpha value is -1.02. The summed E-state index contributed by atoms with van der Waals surface area (Å²) in [6, 6.07) is 7.97. The summed E-state index contributed by atoms with van der Waals surface area (Å²) in [4.78, 5) is 0. The second-order valence-corrected chi connectivity index (χ2v) is 8.55. The van der Waals surface area contributed by atoms with Crippen molar-refractivity contribution in [1.29, 1.82) is 0 Å². The Bertz CT molecular complexity index is 484. The zero-order chi connectivity index (χ0) is 15.9. The van der Waals surface area contributed by atoms with Crippen LogP contribution in [0.5, 0.6) is 5.75 Å². The van der Waals surface area contributed by atoms with E-state index in [-0.39, 0.29) is 16.9 Å². The SMILES string of the molecule is CC(C)Oc1ccccc1C1(O)CC(C)(C)CC(C)(C)C1. The van der Waals surface area contributed by atoms with Gasteiger partial charge in [0.15, 0.2) is 0 Å². The van der Waals surface area contributed by atoms with Gasteiger partial charge in [-0.05, 0) is 50.0 Å². The first-order valence-electron chi connectivity index (χ1n) is 8.02. The molecule has 2 rings (SSSR count). The molecular weight excluding hydrogens is 260 g/mol. The van der Waals surface area contributed by atoms with Gasteiger partial charge in [0.25, 0.3) is 0 Å². The van der Waals surface area contributed by atoms with Crippen molar-refractivity contribution >= 4 is 0 Å². The predicted molar refractivity (Wildman–Crippen MR) is 87.5 cm³/mol. The molecule has 0 unspecified atom stereocenters. The highest BCUT2D eigenvalue weighted by molar-refractivity contribution is 5.39. The summed E-state index contributed by atoms with van der Waals surface area (Å²) in [5.74, 6) is 0.823. The lowest BCUT2D eigenvalue weighted by atomic mass is 9.58. The Morgan fingerprint density at radius 1 is 0.952 bits per heavy atom. The molecule has 1 aromatic carbocycles. The molecule has 1 saturated carbocycles. The van der Waals surface area contributed by atoms with Gasteiger partial charge in [0.05, 0.1) is 11.7 Å². The van der Waals surface area contributed by atoms with E-state index in [1.54, 1.807) is 0 Å². The number of hydrogen-bond donors (Lipinski definition) is 1. The number of rotatable bonds is 3. The van der Waals surface area contributed by atoms with Gasteiger partial charge < -0.3 is 9.84 Å². The average molecular weight is 290 g/mol. The van der Waals surface area contributed by atoms with Gasteiger partial charge in [0.2, 0.25) is 0 Å². The van der Waals surface area contributed by atoms with Gasteiger partial charge in [-0.3, -0.25) is 0 Å². The quantitative estimate of drug-likeness (QED) is 0.858. The van der Waals surface area contributed by atoms with Gasteiger partial charge in [-0.15, -0.1) is 0 Å². The summed E-state index contributed by atoms with van der Waals surface area (Å²) in [6.07, 6.45) is 2.80. The van der Waals surface area contributed by atoms with Crippen molar-refractivity contribution in [2.45, 2.75) is 72.5 Å². The maximum absolute atomic E-state index is 11.4. The van der Waals surface area contributed by atoms with Gasteiger partial charge >= 0.3 is 0 Å². The fourth-order valence-electron chi connectivity index (χ4n) is 4.46. The minimum Gasteiger partial charge on any atom is -0.491 e. The van der Waals surface area contributed by atoms with Crippen LogP contribution in [0.2, 0.25) is 0 Å². The third kappa shape index (κ3) is 3.79. The maximum Gasteiger partial charge on any atom is 0.125 e. The molecule has 0 heterocycles. The Balaban J connectivity index is 2.44. The van der Waals surface area contributed by atoms with Crippen molar-refractivity contribution in [3.05, 3.63) is 29.8 Å². The third-order valence-corrected chi connectivity index (χ3v) is 4.25. The fraction of sp³-hybridized carbons (Fsp3) is 0.684. The predicted octanol–water partition coefficient (Wildman–Crippen LogP) is 4.90. The zero-order valence-electron chi connectivity index (χ0n) is 14.4. The molecular formula is C19H30O2. The van der Waals surface area contributed by atoms with Crippen molar-refractivity contribution in [1.82, 2.24) is 0 Å². The van der Waals surface area contributed by atoms with Gasteiger partial charge in [0.1, 0.15) is 5.75 Å². The Labute approximate surface area is 129 Å². The first-order chi connectivity index (χ1) is 9.53. The molecule has 0 radical (unpaired) electrons. The van der Waals surface area contributed by atoms with E-state index in [4.69, 9.17) is 4.74 Å². The van der Waals surface area contributed by atoms with E-state index in [0.29, 0.717) is 0 Å². The van der Waals surface area contributed by atoms with Crippen molar-refractivity contribution in [2.75, 3.05) is 0 Å². The van der Waals surface area contributed by atoms with Crippen molar-refractivity contribution in [3.8, 4) is 5.75 Å². The molecule has 0 amide bonds. The highest BCUT2D eigenvalue weighted by Gasteiger charge is 2.48. The molecule has 0 saturated heterocycles. The first-order valence-corrected chi connectivity index (χ1v) is 8.02.